The third-order valence-electron chi connectivity index (χ3n) is 7.46. The summed E-state index contributed by atoms with van der Waals surface area (Å²) in [5.74, 6) is -0.218. The van der Waals surface area contributed by atoms with Gasteiger partial charge in [0.15, 0.2) is 11.5 Å². The van der Waals surface area contributed by atoms with Crippen molar-refractivity contribution in [1.82, 2.24) is 5.32 Å². The van der Waals surface area contributed by atoms with Crippen LogP contribution in [-0.2, 0) is 9.59 Å². The van der Waals surface area contributed by atoms with E-state index in [1.807, 2.05) is 49.4 Å². The Labute approximate surface area is 294 Å². The maximum absolute atomic E-state index is 13.8. The van der Waals surface area contributed by atoms with E-state index in [1.165, 1.54) is 26.0 Å². The summed E-state index contributed by atoms with van der Waals surface area (Å²) in [6.07, 6.45) is 1.56. The Bertz CT molecular complexity index is 1990. The van der Waals surface area contributed by atoms with Crippen LogP contribution in [0.15, 0.2) is 132 Å². The summed E-state index contributed by atoms with van der Waals surface area (Å²) in [6, 6.07) is 35.8. The number of ether oxygens (including phenoxy) is 2. The van der Waals surface area contributed by atoms with E-state index in [4.69, 9.17) is 21.1 Å². The number of benzene rings is 5. The summed E-state index contributed by atoms with van der Waals surface area (Å²) in [7, 11) is 3.05. The Morgan fingerprint density at radius 3 is 2.16 bits per heavy atom. The molecule has 49 heavy (non-hydrogen) atoms. The molecule has 5 aromatic carbocycles. The van der Waals surface area contributed by atoms with Crippen LogP contribution in [0.3, 0.4) is 0 Å². The largest absolute Gasteiger partial charge is 0.493 e. The lowest BCUT2D eigenvalue weighted by atomic mass is 10.1. The number of carbonyl (C=O) groups is 3. The number of nitrogens with one attached hydrogen (secondary N) is 3. The monoisotopic (exact) mass is 691 g/mol. The zero-order valence-corrected chi connectivity index (χ0v) is 28.6. The van der Waals surface area contributed by atoms with Crippen molar-refractivity contribution in [2.45, 2.75) is 17.1 Å². The Balaban J connectivity index is 1.41. The summed E-state index contributed by atoms with van der Waals surface area (Å²) in [5, 5.41) is 8.62. The molecule has 0 saturated heterocycles. The van der Waals surface area contributed by atoms with E-state index in [1.54, 1.807) is 84.9 Å². The molecule has 5 rings (SSSR count). The molecule has 3 amide bonds. The first-order valence-electron chi connectivity index (χ1n) is 15.2. The molecule has 1 atom stereocenters. The Kier molecular flexibility index (Phi) is 11.8. The molecule has 0 aromatic heterocycles. The number of amides is 3. The average molecular weight is 692 g/mol. The van der Waals surface area contributed by atoms with Gasteiger partial charge in [0.25, 0.3) is 11.8 Å². The minimum atomic E-state index is -0.615. The van der Waals surface area contributed by atoms with Crippen molar-refractivity contribution < 1.29 is 23.9 Å². The van der Waals surface area contributed by atoms with E-state index in [2.05, 4.69) is 16.0 Å². The van der Waals surface area contributed by atoms with Gasteiger partial charge in [-0.05, 0) is 84.3 Å². The molecule has 0 aliphatic rings. The second-order valence-corrected chi connectivity index (χ2v) is 12.4. The van der Waals surface area contributed by atoms with Gasteiger partial charge in [0.1, 0.15) is 10.9 Å². The molecule has 0 aliphatic carbocycles. The van der Waals surface area contributed by atoms with Crippen LogP contribution in [0, 0.1) is 6.92 Å². The van der Waals surface area contributed by atoms with Gasteiger partial charge in [-0.2, -0.15) is 0 Å². The van der Waals surface area contributed by atoms with Gasteiger partial charge >= 0.3 is 0 Å². The van der Waals surface area contributed by atoms with Crippen molar-refractivity contribution in [2.24, 2.45) is 0 Å². The third kappa shape index (κ3) is 9.10. The fraction of sp³-hybridized carbons (Fsp3) is 0.103. The summed E-state index contributed by atoms with van der Waals surface area (Å²) in [4.78, 5) is 41.3. The molecular weight excluding hydrogens is 658 g/mol. The fourth-order valence-corrected chi connectivity index (χ4v) is 6.13. The normalized spacial score (nSPS) is 11.6. The first-order chi connectivity index (χ1) is 23.7. The van der Waals surface area contributed by atoms with Crippen molar-refractivity contribution in [3.05, 3.63) is 154 Å². The van der Waals surface area contributed by atoms with E-state index in [-0.39, 0.29) is 11.6 Å². The molecular formula is C39H34ClN3O5S. The maximum atomic E-state index is 13.8. The topological polar surface area (TPSA) is 106 Å². The van der Waals surface area contributed by atoms with Crippen LogP contribution in [0.2, 0.25) is 5.02 Å². The number of thioether (sulfide) groups is 1. The Morgan fingerprint density at radius 1 is 0.755 bits per heavy atom. The molecule has 0 saturated carbocycles. The fourth-order valence-electron chi connectivity index (χ4n) is 4.88. The quantitative estimate of drug-likeness (QED) is 0.0895. The van der Waals surface area contributed by atoms with Crippen LogP contribution in [0.4, 0.5) is 11.4 Å². The minimum Gasteiger partial charge on any atom is -0.493 e. The lowest BCUT2D eigenvalue weighted by molar-refractivity contribution is -0.116. The van der Waals surface area contributed by atoms with Crippen LogP contribution >= 0.6 is 23.4 Å². The molecule has 0 fully saturated rings. The molecule has 3 N–H and O–H groups in total. The zero-order valence-electron chi connectivity index (χ0n) is 27.0. The third-order valence-corrected chi connectivity index (χ3v) is 9.12. The van der Waals surface area contributed by atoms with Crippen LogP contribution in [0.1, 0.15) is 32.3 Å². The van der Waals surface area contributed by atoms with Crippen molar-refractivity contribution >= 4 is 58.5 Å². The summed E-state index contributed by atoms with van der Waals surface area (Å²) in [6.45, 7) is 1.85. The highest BCUT2D eigenvalue weighted by molar-refractivity contribution is 8.00. The van der Waals surface area contributed by atoms with Gasteiger partial charge < -0.3 is 25.4 Å². The number of anilines is 2. The van der Waals surface area contributed by atoms with E-state index in [9.17, 15) is 14.4 Å². The predicted octanol–water partition coefficient (Wildman–Crippen LogP) is 8.55. The van der Waals surface area contributed by atoms with Gasteiger partial charge in [-0.1, -0.05) is 78.3 Å². The van der Waals surface area contributed by atoms with Gasteiger partial charge in [0, 0.05) is 26.9 Å². The van der Waals surface area contributed by atoms with Crippen molar-refractivity contribution in [1.29, 1.82) is 0 Å². The predicted molar refractivity (Wildman–Crippen MR) is 196 cm³/mol. The van der Waals surface area contributed by atoms with E-state index >= 15 is 0 Å². The second kappa shape index (κ2) is 16.5. The number of hydrogen-bond acceptors (Lipinski definition) is 6. The van der Waals surface area contributed by atoms with Crippen molar-refractivity contribution in [3.63, 3.8) is 0 Å². The highest BCUT2D eigenvalue weighted by Crippen LogP contribution is 2.38. The number of halogens is 1. The molecule has 0 aliphatic heterocycles. The van der Waals surface area contributed by atoms with E-state index in [0.29, 0.717) is 39.0 Å². The number of rotatable bonds is 12. The maximum Gasteiger partial charge on any atom is 0.272 e. The molecule has 0 radical (unpaired) electrons. The second-order valence-electron chi connectivity index (χ2n) is 10.8. The number of methoxy groups -OCH3 is 2. The van der Waals surface area contributed by atoms with Gasteiger partial charge in [-0.25, -0.2) is 0 Å². The van der Waals surface area contributed by atoms with Crippen LogP contribution < -0.4 is 25.4 Å². The standard InChI is InChI=1S/C39H34ClN3O5S/c1-25-31(40)18-11-19-32(25)42-39(46)36(27-12-6-4-7-13-27)49-30-17-10-16-29(24-30)41-38(45)33(43-37(44)28-14-8-5-9-15-28)22-26-20-21-34(47-2)35(23-26)48-3/h4-24,36H,1-3H3,(H,41,45)(H,42,46)(H,43,44)/b33-22+. The van der Waals surface area contributed by atoms with Gasteiger partial charge in [0.2, 0.25) is 5.91 Å². The van der Waals surface area contributed by atoms with Crippen molar-refractivity contribution in [3.8, 4) is 11.5 Å². The van der Waals surface area contributed by atoms with E-state index < -0.39 is 17.1 Å². The highest BCUT2D eigenvalue weighted by atomic mass is 35.5. The number of hydrogen-bond donors (Lipinski definition) is 3. The molecule has 0 spiro atoms. The summed E-state index contributed by atoms with van der Waals surface area (Å²) >= 11 is 7.65. The first kappa shape index (κ1) is 34.8. The summed E-state index contributed by atoms with van der Waals surface area (Å²) in [5.41, 5.74) is 3.69. The molecule has 8 nitrogen and oxygen atoms in total. The Hall–Kier alpha value is -5.51. The van der Waals surface area contributed by atoms with Gasteiger partial charge in [0.05, 0.1) is 14.2 Å². The zero-order chi connectivity index (χ0) is 34.8. The molecule has 1 unspecified atom stereocenters. The van der Waals surface area contributed by atoms with Crippen molar-refractivity contribution in [2.75, 3.05) is 24.9 Å². The van der Waals surface area contributed by atoms with E-state index in [0.717, 1.165) is 16.0 Å². The van der Waals surface area contributed by atoms with Crippen LogP contribution in [0.5, 0.6) is 11.5 Å². The first-order valence-corrected chi connectivity index (χ1v) is 16.5. The molecule has 10 heteroatoms. The van der Waals surface area contributed by atoms with Gasteiger partial charge in [-0.15, -0.1) is 11.8 Å². The minimum absolute atomic E-state index is 0.0116. The van der Waals surface area contributed by atoms with Gasteiger partial charge in [-0.3, -0.25) is 14.4 Å². The summed E-state index contributed by atoms with van der Waals surface area (Å²) < 4.78 is 10.8. The lowest BCUT2D eigenvalue weighted by Gasteiger charge is -2.19. The molecule has 5 aromatic rings. The molecule has 248 valence electrons. The van der Waals surface area contributed by atoms with Crippen LogP contribution in [0.25, 0.3) is 6.08 Å². The smallest absolute Gasteiger partial charge is 0.272 e. The highest BCUT2D eigenvalue weighted by Gasteiger charge is 2.23. The SMILES string of the molecule is COc1ccc(/C=C(/NC(=O)c2ccccc2)C(=O)Nc2cccc(SC(C(=O)Nc3cccc(Cl)c3C)c3ccccc3)c2)cc1OC. The number of carbonyl (C=O) groups excluding carboxylic acids is 3. The molecule has 0 heterocycles. The lowest BCUT2D eigenvalue weighted by Crippen LogP contribution is -2.30. The van der Waals surface area contributed by atoms with Crippen LogP contribution in [-0.4, -0.2) is 31.9 Å². The average Bonchev–Trinajstić information content (AvgIpc) is 3.13. The molecule has 0 bridgehead atoms. The Morgan fingerprint density at radius 2 is 1.45 bits per heavy atom.